The van der Waals surface area contributed by atoms with Crippen molar-refractivity contribution in [1.29, 1.82) is 0 Å². The van der Waals surface area contributed by atoms with Crippen LogP contribution in [-0.4, -0.2) is 29.0 Å². The Bertz CT molecular complexity index is 334. The smallest absolute Gasteiger partial charge is 0.192 e. The maximum absolute atomic E-state index is 6.23. The molecule has 0 saturated heterocycles. The lowest BCUT2D eigenvalue weighted by atomic mass is 9.70. The van der Waals surface area contributed by atoms with Gasteiger partial charge in [-0.15, -0.1) is 0 Å². The van der Waals surface area contributed by atoms with Gasteiger partial charge in [0.1, 0.15) is 0 Å². The van der Waals surface area contributed by atoms with Crippen molar-refractivity contribution in [1.82, 2.24) is 4.90 Å². The second-order valence-corrected chi connectivity index (χ2v) is 7.06. The van der Waals surface area contributed by atoms with Gasteiger partial charge in [-0.1, -0.05) is 26.7 Å². The molecule has 2 atom stereocenters. The lowest BCUT2D eigenvalue weighted by Gasteiger charge is -2.49. The minimum absolute atomic E-state index is 0.274. The predicted octanol–water partition coefficient (Wildman–Crippen LogP) is 2.75. The van der Waals surface area contributed by atoms with Crippen molar-refractivity contribution >= 4 is 5.96 Å². The standard InChI is InChI=1S/C15H27N3/c1-11-7-12(2)9-15(8-11)10-17-14(16)18(15)13-5-3-4-6-13/h11-13H,3-10H2,1-2H3,(H2,16,17). The lowest BCUT2D eigenvalue weighted by molar-refractivity contribution is 0.0579. The van der Waals surface area contributed by atoms with Crippen molar-refractivity contribution in [3.05, 3.63) is 0 Å². The van der Waals surface area contributed by atoms with E-state index in [0.717, 1.165) is 24.3 Å². The van der Waals surface area contributed by atoms with Crippen LogP contribution in [0.25, 0.3) is 0 Å². The maximum atomic E-state index is 6.23. The minimum atomic E-state index is 0.274. The van der Waals surface area contributed by atoms with Crippen LogP contribution in [0.3, 0.4) is 0 Å². The molecule has 2 aliphatic carbocycles. The van der Waals surface area contributed by atoms with Gasteiger partial charge < -0.3 is 10.6 Å². The molecule has 3 aliphatic rings. The number of nitrogens with two attached hydrogens (primary N) is 1. The van der Waals surface area contributed by atoms with E-state index in [1.165, 1.54) is 44.9 Å². The summed E-state index contributed by atoms with van der Waals surface area (Å²) < 4.78 is 0. The zero-order valence-corrected chi connectivity index (χ0v) is 11.9. The number of rotatable bonds is 1. The Morgan fingerprint density at radius 1 is 1.17 bits per heavy atom. The molecule has 0 aromatic carbocycles. The molecule has 102 valence electrons. The molecule has 2 fully saturated rings. The highest BCUT2D eigenvalue weighted by Crippen LogP contribution is 2.45. The topological polar surface area (TPSA) is 41.6 Å². The summed E-state index contributed by atoms with van der Waals surface area (Å²) in [6, 6.07) is 0.675. The SMILES string of the molecule is CC1CC(C)CC2(CN=C(N)N2C2CCCC2)C1. The van der Waals surface area contributed by atoms with Gasteiger partial charge in [0, 0.05) is 6.04 Å². The molecule has 3 nitrogen and oxygen atoms in total. The second kappa shape index (κ2) is 4.43. The van der Waals surface area contributed by atoms with E-state index >= 15 is 0 Å². The van der Waals surface area contributed by atoms with Crippen LogP contribution in [-0.2, 0) is 0 Å². The van der Waals surface area contributed by atoms with Gasteiger partial charge in [-0.2, -0.15) is 0 Å². The van der Waals surface area contributed by atoms with Crippen LogP contribution in [0.1, 0.15) is 58.8 Å². The summed E-state index contributed by atoms with van der Waals surface area (Å²) in [4.78, 5) is 7.18. The van der Waals surface area contributed by atoms with Crippen molar-refractivity contribution in [2.24, 2.45) is 22.6 Å². The number of hydrogen-bond donors (Lipinski definition) is 1. The fourth-order valence-electron chi connectivity index (χ4n) is 4.92. The van der Waals surface area contributed by atoms with Crippen molar-refractivity contribution in [3.8, 4) is 0 Å². The Morgan fingerprint density at radius 2 is 1.78 bits per heavy atom. The summed E-state index contributed by atoms with van der Waals surface area (Å²) in [7, 11) is 0. The van der Waals surface area contributed by atoms with Gasteiger partial charge in [-0.05, 0) is 43.9 Å². The molecular formula is C15H27N3. The van der Waals surface area contributed by atoms with Crippen LogP contribution in [0.15, 0.2) is 4.99 Å². The fraction of sp³-hybridized carbons (Fsp3) is 0.933. The Hall–Kier alpha value is -0.730. The Balaban J connectivity index is 1.85. The second-order valence-electron chi connectivity index (χ2n) is 7.06. The molecule has 1 heterocycles. The summed E-state index contributed by atoms with van der Waals surface area (Å²) in [5, 5.41) is 0. The molecule has 2 unspecified atom stereocenters. The van der Waals surface area contributed by atoms with E-state index in [0.29, 0.717) is 6.04 Å². The van der Waals surface area contributed by atoms with E-state index in [1.54, 1.807) is 0 Å². The average molecular weight is 249 g/mol. The zero-order valence-electron chi connectivity index (χ0n) is 11.9. The van der Waals surface area contributed by atoms with Gasteiger partial charge in [0.05, 0.1) is 12.1 Å². The van der Waals surface area contributed by atoms with Crippen LogP contribution in [0.5, 0.6) is 0 Å². The van der Waals surface area contributed by atoms with Gasteiger partial charge >= 0.3 is 0 Å². The number of guanidine groups is 1. The van der Waals surface area contributed by atoms with Gasteiger partial charge in [-0.3, -0.25) is 4.99 Å². The molecule has 18 heavy (non-hydrogen) atoms. The summed E-state index contributed by atoms with van der Waals surface area (Å²) in [6.07, 6.45) is 9.34. The molecule has 0 aromatic rings. The van der Waals surface area contributed by atoms with Gasteiger partial charge in [0.25, 0.3) is 0 Å². The maximum Gasteiger partial charge on any atom is 0.192 e. The van der Waals surface area contributed by atoms with Gasteiger partial charge in [0.2, 0.25) is 0 Å². The van der Waals surface area contributed by atoms with E-state index in [9.17, 15) is 0 Å². The van der Waals surface area contributed by atoms with E-state index < -0.39 is 0 Å². The van der Waals surface area contributed by atoms with E-state index in [-0.39, 0.29) is 5.54 Å². The number of aliphatic imine (C=N–C) groups is 1. The zero-order chi connectivity index (χ0) is 12.8. The summed E-state index contributed by atoms with van der Waals surface area (Å²) in [5.74, 6) is 2.47. The summed E-state index contributed by atoms with van der Waals surface area (Å²) >= 11 is 0. The van der Waals surface area contributed by atoms with Crippen LogP contribution in [0.4, 0.5) is 0 Å². The van der Waals surface area contributed by atoms with Crippen molar-refractivity contribution in [2.45, 2.75) is 70.4 Å². The molecule has 3 heteroatoms. The third-order valence-electron chi connectivity index (χ3n) is 5.24. The van der Waals surface area contributed by atoms with Crippen LogP contribution >= 0.6 is 0 Å². The Morgan fingerprint density at radius 3 is 2.39 bits per heavy atom. The summed E-state index contributed by atoms with van der Waals surface area (Å²) in [5.41, 5.74) is 6.51. The first-order valence-electron chi connectivity index (χ1n) is 7.70. The highest BCUT2D eigenvalue weighted by Gasteiger charge is 2.49. The van der Waals surface area contributed by atoms with Gasteiger partial charge in [-0.25, -0.2) is 0 Å². The first kappa shape index (κ1) is 12.3. The third kappa shape index (κ3) is 1.92. The molecule has 1 spiro atoms. The predicted molar refractivity (Wildman–Crippen MR) is 75.5 cm³/mol. The molecule has 3 rings (SSSR count). The fourth-order valence-corrected chi connectivity index (χ4v) is 4.92. The number of hydrogen-bond acceptors (Lipinski definition) is 3. The quantitative estimate of drug-likeness (QED) is 0.776. The first-order chi connectivity index (χ1) is 8.61. The van der Waals surface area contributed by atoms with Crippen LogP contribution in [0, 0.1) is 11.8 Å². The monoisotopic (exact) mass is 249 g/mol. The first-order valence-corrected chi connectivity index (χ1v) is 7.70. The lowest BCUT2D eigenvalue weighted by Crippen LogP contribution is -2.58. The van der Waals surface area contributed by atoms with E-state index in [1.807, 2.05) is 0 Å². The molecule has 2 N–H and O–H groups in total. The molecule has 1 aliphatic heterocycles. The van der Waals surface area contributed by atoms with Crippen LogP contribution < -0.4 is 5.73 Å². The largest absolute Gasteiger partial charge is 0.370 e. The number of nitrogens with zero attached hydrogens (tertiary/aromatic N) is 2. The third-order valence-corrected chi connectivity index (χ3v) is 5.24. The van der Waals surface area contributed by atoms with Crippen molar-refractivity contribution < 1.29 is 0 Å². The van der Waals surface area contributed by atoms with E-state index in [4.69, 9.17) is 5.73 Å². The Kier molecular flexibility index (Phi) is 3.03. The Labute approximate surface area is 111 Å². The average Bonchev–Trinajstić information content (AvgIpc) is 2.86. The van der Waals surface area contributed by atoms with Gasteiger partial charge in [0.15, 0.2) is 5.96 Å². The highest BCUT2D eigenvalue weighted by atomic mass is 15.4. The van der Waals surface area contributed by atoms with E-state index in [2.05, 4.69) is 23.7 Å². The highest BCUT2D eigenvalue weighted by molar-refractivity contribution is 5.81. The van der Waals surface area contributed by atoms with Crippen LogP contribution in [0.2, 0.25) is 0 Å². The summed E-state index contributed by atoms with van der Waals surface area (Å²) in [6.45, 7) is 5.75. The molecule has 0 bridgehead atoms. The molecular weight excluding hydrogens is 222 g/mol. The molecule has 0 aromatic heterocycles. The van der Waals surface area contributed by atoms with Crippen molar-refractivity contribution in [2.75, 3.05) is 6.54 Å². The normalized spacial score (nSPS) is 41.7. The molecule has 0 radical (unpaired) electrons. The van der Waals surface area contributed by atoms with Crippen molar-refractivity contribution in [3.63, 3.8) is 0 Å². The minimum Gasteiger partial charge on any atom is -0.370 e. The molecule has 0 amide bonds. The molecule has 2 saturated carbocycles.